The lowest BCUT2D eigenvalue weighted by molar-refractivity contribution is 0.0602. The Hall–Kier alpha value is -0.210. The highest BCUT2D eigenvalue weighted by Gasteiger charge is 2.23. The van der Waals surface area contributed by atoms with Gasteiger partial charge < -0.3 is 9.84 Å². The predicted octanol–water partition coefficient (Wildman–Crippen LogP) is -0.296. The summed E-state index contributed by atoms with van der Waals surface area (Å²) in [6.45, 7) is 1.65. The number of hydrogen-bond acceptors (Lipinski definition) is 4. The van der Waals surface area contributed by atoms with Gasteiger partial charge in [0.1, 0.15) is 0 Å². The Morgan fingerprint density at radius 3 is 2.59 bits per heavy atom. The van der Waals surface area contributed by atoms with Crippen LogP contribution in [0, 0.1) is 0 Å². The average molecular weight is 266 g/mol. The summed E-state index contributed by atoms with van der Waals surface area (Å²) in [5.41, 5.74) is 0. The summed E-state index contributed by atoms with van der Waals surface area (Å²) >= 11 is 0. The minimum absolute atomic E-state index is 0.228. The van der Waals surface area contributed by atoms with Crippen molar-refractivity contribution in [2.24, 2.45) is 0 Å². The molecule has 0 saturated carbocycles. The summed E-state index contributed by atoms with van der Waals surface area (Å²) in [6, 6.07) is 0. The van der Waals surface area contributed by atoms with E-state index in [2.05, 4.69) is 4.72 Å². The fourth-order valence-corrected chi connectivity index (χ4v) is 3.12. The van der Waals surface area contributed by atoms with Crippen molar-refractivity contribution in [1.82, 2.24) is 9.03 Å². The first-order valence-electron chi connectivity index (χ1n) is 5.98. The molecule has 7 heteroatoms. The molecule has 1 aliphatic rings. The molecular formula is C10H22N2O4S. The van der Waals surface area contributed by atoms with Gasteiger partial charge in [-0.25, -0.2) is 4.72 Å². The van der Waals surface area contributed by atoms with Crippen molar-refractivity contribution < 1.29 is 18.3 Å². The van der Waals surface area contributed by atoms with Gasteiger partial charge in [0.15, 0.2) is 0 Å². The number of aliphatic hydroxyl groups is 1. The molecule has 0 radical (unpaired) electrons. The second-order valence-electron chi connectivity index (χ2n) is 4.26. The molecule has 1 saturated heterocycles. The van der Waals surface area contributed by atoms with E-state index in [4.69, 9.17) is 4.74 Å². The molecule has 1 heterocycles. The van der Waals surface area contributed by atoms with E-state index in [0.29, 0.717) is 19.5 Å². The molecule has 6 nitrogen and oxygen atoms in total. The van der Waals surface area contributed by atoms with Crippen LogP contribution in [0.2, 0.25) is 0 Å². The lowest BCUT2D eigenvalue weighted by Crippen LogP contribution is -2.44. The van der Waals surface area contributed by atoms with Crippen molar-refractivity contribution in [1.29, 1.82) is 0 Å². The molecule has 0 aromatic carbocycles. The normalized spacial score (nSPS) is 20.4. The molecule has 0 bridgehead atoms. The highest BCUT2D eigenvalue weighted by Crippen LogP contribution is 2.11. The predicted molar refractivity (Wildman–Crippen MR) is 64.8 cm³/mol. The first kappa shape index (κ1) is 14.8. The molecule has 1 rings (SSSR count). The molecule has 0 amide bonds. The number of piperidine rings is 1. The van der Waals surface area contributed by atoms with Crippen molar-refractivity contribution in [2.45, 2.75) is 31.8 Å². The van der Waals surface area contributed by atoms with Crippen molar-refractivity contribution in [3.63, 3.8) is 0 Å². The summed E-state index contributed by atoms with van der Waals surface area (Å²) in [5.74, 6) is 0. The van der Waals surface area contributed by atoms with Crippen LogP contribution in [0.4, 0.5) is 0 Å². The van der Waals surface area contributed by atoms with Crippen LogP contribution >= 0.6 is 0 Å². The van der Waals surface area contributed by atoms with Crippen LogP contribution in [0.1, 0.15) is 25.7 Å². The molecule has 0 aromatic heterocycles. The number of hydrogen-bond donors (Lipinski definition) is 2. The minimum atomic E-state index is -3.36. The van der Waals surface area contributed by atoms with Crippen molar-refractivity contribution in [3.05, 3.63) is 0 Å². The smallest absolute Gasteiger partial charge is 0.279 e. The van der Waals surface area contributed by atoms with Crippen molar-refractivity contribution in [2.75, 3.05) is 33.4 Å². The average Bonchev–Trinajstić information content (AvgIpc) is 2.30. The maximum absolute atomic E-state index is 11.8. The molecule has 0 spiro atoms. The molecule has 1 aliphatic heterocycles. The van der Waals surface area contributed by atoms with Crippen LogP contribution in [-0.4, -0.2) is 57.3 Å². The van der Waals surface area contributed by atoms with E-state index in [0.717, 1.165) is 19.3 Å². The molecule has 2 N–H and O–H groups in total. The largest absolute Gasteiger partial charge is 0.391 e. The van der Waals surface area contributed by atoms with Crippen LogP contribution in [0.25, 0.3) is 0 Å². The van der Waals surface area contributed by atoms with E-state index in [9.17, 15) is 13.5 Å². The van der Waals surface area contributed by atoms with Crippen LogP contribution in [0.15, 0.2) is 0 Å². The van der Waals surface area contributed by atoms with E-state index in [1.54, 1.807) is 0 Å². The Morgan fingerprint density at radius 1 is 1.35 bits per heavy atom. The van der Waals surface area contributed by atoms with Gasteiger partial charge in [0.25, 0.3) is 10.2 Å². The Balaban J connectivity index is 2.29. The topological polar surface area (TPSA) is 78.9 Å². The summed E-state index contributed by atoms with van der Waals surface area (Å²) in [7, 11) is -1.86. The van der Waals surface area contributed by atoms with Gasteiger partial charge in [0.05, 0.1) is 12.7 Å². The third kappa shape index (κ3) is 5.31. The molecule has 1 unspecified atom stereocenters. The highest BCUT2D eigenvalue weighted by molar-refractivity contribution is 7.87. The molecule has 102 valence electrons. The molecule has 0 aliphatic carbocycles. The lowest BCUT2D eigenvalue weighted by atomic mass is 10.2. The van der Waals surface area contributed by atoms with Gasteiger partial charge in [0, 0.05) is 26.7 Å². The van der Waals surface area contributed by atoms with Gasteiger partial charge >= 0.3 is 0 Å². The number of ether oxygens (including phenoxy) is 1. The second kappa shape index (κ2) is 7.27. The number of aliphatic hydroxyl groups excluding tert-OH is 1. The van der Waals surface area contributed by atoms with Crippen LogP contribution in [0.3, 0.4) is 0 Å². The maximum atomic E-state index is 11.8. The van der Waals surface area contributed by atoms with Gasteiger partial charge in [-0.05, 0) is 19.3 Å². The Bertz CT molecular complexity index is 301. The van der Waals surface area contributed by atoms with Gasteiger partial charge in [-0.3, -0.25) is 0 Å². The van der Waals surface area contributed by atoms with Crippen molar-refractivity contribution in [3.8, 4) is 0 Å². The van der Waals surface area contributed by atoms with Gasteiger partial charge in [0.2, 0.25) is 0 Å². The van der Waals surface area contributed by atoms with E-state index in [-0.39, 0.29) is 13.2 Å². The van der Waals surface area contributed by atoms with E-state index in [1.807, 2.05) is 0 Å². The summed E-state index contributed by atoms with van der Waals surface area (Å²) in [6.07, 6.45) is 2.68. The standard InChI is InChI=1S/C10H22N2O4S/c1-16-9-10(13)5-6-11-17(14,15)12-7-3-2-4-8-12/h10-11,13H,2-9H2,1H3. The monoisotopic (exact) mass is 266 g/mol. The molecular weight excluding hydrogens is 244 g/mol. The Kier molecular flexibility index (Phi) is 6.35. The number of nitrogens with zero attached hydrogens (tertiary/aromatic N) is 1. The molecule has 0 aromatic rings. The highest BCUT2D eigenvalue weighted by atomic mass is 32.2. The summed E-state index contributed by atoms with van der Waals surface area (Å²) in [5, 5.41) is 9.38. The Morgan fingerprint density at radius 2 is 2.00 bits per heavy atom. The molecule has 17 heavy (non-hydrogen) atoms. The summed E-state index contributed by atoms with van der Waals surface area (Å²) in [4.78, 5) is 0. The molecule has 1 atom stereocenters. The number of methoxy groups -OCH3 is 1. The molecule has 1 fully saturated rings. The number of rotatable bonds is 7. The van der Waals surface area contributed by atoms with Crippen LogP contribution < -0.4 is 4.72 Å². The first-order chi connectivity index (χ1) is 8.06. The number of nitrogens with one attached hydrogen (secondary N) is 1. The lowest BCUT2D eigenvalue weighted by Gasteiger charge is -2.26. The zero-order valence-electron chi connectivity index (χ0n) is 10.3. The van der Waals surface area contributed by atoms with Gasteiger partial charge in [-0.15, -0.1) is 0 Å². The minimum Gasteiger partial charge on any atom is -0.391 e. The van der Waals surface area contributed by atoms with E-state index in [1.165, 1.54) is 11.4 Å². The Labute approximate surface area is 103 Å². The quantitative estimate of drug-likeness (QED) is 0.663. The zero-order valence-corrected chi connectivity index (χ0v) is 11.1. The third-order valence-corrected chi connectivity index (χ3v) is 4.39. The summed E-state index contributed by atoms with van der Waals surface area (Å²) < 4.78 is 32.4. The SMILES string of the molecule is COCC(O)CCNS(=O)(=O)N1CCCCC1. The van der Waals surface area contributed by atoms with E-state index < -0.39 is 16.3 Å². The fraction of sp³-hybridized carbons (Fsp3) is 1.00. The first-order valence-corrected chi connectivity index (χ1v) is 7.42. The fourth-order valence-electron chi connectivity index (χ4n) is 1.83. The van der Waals surface area contributed by atoms with Crippen molar-refractivity contribution >= 4 is 10.2 Å². The third-order valence-electron chi connectivity index (χ3n) is 2.78. The van der Waals surface area contributed by atoms with Crippen LogP contribution in [-0.2, 0) is 14.9 Å². The zero-order chi connectivity index (χ0) is 12.7. The second-order valence-corrected chi connectivity index (χ2v) is 6.01. The van der Waals surface area contributed by atoms with Gasteiger partial charge in [-0.1, -0.05) is 6.42 Å². The van der Waals surface area contributed by atoms with Gasteiger partial charge in [-0.2, -0.15) is 12.7 Å². The van der Waals surface area contributed by atoms with Crippen LogP contribution in [0.5, 0.6) is 0 Å². The van der Waals surface area contributed by atoms with E-state index >= 15 is 0 Å². The maximum Gasteiger partial charge on any atom is 0.279 e.